The Balaban J connectivity index is 1.69. The zero-order valence-electron chi connectivity index (χ0n) is 13.4. The zero-order chi connectivity index (χ0) is 17.1. The first kappa shape index (κ1) is 16.6. The maximum atomic E-state index is 12.3. The number of ether oxygens (including phenoxy) is 1. The SMILES string of the molecule is CC(=O)NCCC(=O)OCc1nc2sc3c(c2c(=O)[nH]1)CCCC3. The Kier molecular flexibility index (Phi) is 4.94. The molecule has 0 fully saturated rings. The van der Waals surface area contributed by atoms with Crippen molar-refractivity contribution in [1.29, 1.82) is 0 Å². The molecule has 128 valence electrons. The summed E-state index contributed by atoms with van der Waals surface area (Å²) in [4.78, 5) is 43.8. The number of aromatic nitrogens is 2. The van der Waals surface area contributed by atoms with Crippen LogP contribution in [0.1, 0.15) is 42.5 Å². The summed E-state index contributed by atoms with van der Waals surface area (Å²) in [7, 11) is 0. The van der Waals surface area contributed by atoms with Gasteiger partial charge in [0.1, 0.15) is 17.3 Å². The summed E-state index contributed by atoms with van der Waals surface area (Å²) in [5.74, 6) is -0.295. The van der Waals surface area contributed by atoms with E-state index in [-0.39, 0.29) is 31.0 Å². The minimum absolute atomic E-state index is 0.0767. The van der Waals surface area contributed by atoms with Crippen molar-refractivity contribution in [2.24, 2.45) is 0 Å². The number of rotatable bonds is 5. The molecule has 2 aromatic rings. The topological polar surface area (TPSA) is 101 Å². The number of nitrogens with one attached hydrogen (secondary N) is 2. The number of aromatic amines is 1. The Labute approximate surface area is 142 Å². The van der Waals surface area contributed by atoms with E-state index < -0.39 is 5.97 Å². The number of H-pyrrole nitrogens is 1. The van der Waals surface area contributed by atoms with Gasteiger partial charge in [-0.25, -0.2) is 4.98 Å². The first-order valence-electron chi connectivity index (χ1n) is 7.98. The van der Waals surface area contributed by atoms with Crippen molar-refractivity contribution in [1.82, 2.24) is 15.3 Å². The molecule has 2 aromatic heterocycles. The summed E-state index contributed by atoms with van der Waals surface area (Å²) in [5.41, 5.74) is 0.970. The van der Waals surface area contributed by atoms with Crippen LogP contribution >= 0.6 is 11.3 Å². The summed E-state index contributed by atoms with van der Waals surface area (Å²) in [6.07, 6.45) is 4.27. The minimum Gasteiger partial charge on any atom is -0.457 e. The molecule has 7 nitrogen and oxygen atoms in total. The van der Waals surface area contributed by atoms with Crippen molar-refractivity contribution in [3.05, 3.63) is 26.6 Å². The predicted molar refractivity (Wildman–Crippen MR) is 90.0 cm³/mol. The highest BCUT2D eigenvalue weighted by molar-refractivity contribution is 7.18. The highest BCUT2D eigenvalue weighted by Crippen LogP contribution is 2.33. The third-order valence-corrected chi connectivity index (χ3v) is 5.13. The van der Waals surface area contributed by atoms with Crippen LogP contribution in [0.5, 0.6) is 0 Å². The first-order valence-corrected chi connectivity index (χ1v) is 8.79. The van der Waals surface area contributed by atoms with Gasteiger partial charge in [0.15, 0.2) is 0 Å². The van der Waals surface area contributed by atoms with Gasteiger partial charge in [-0.3, -0.25) is 14.4 Å². The second-order valence-electron chi connectivity index (χ2n) is 5.80. The van der Waals surface area contributed by atoms with Crippen molar-refractivity contribution in [3.63, 3.8) is 0 Å². The second-order valence-corrected chi connectivity index (χ2v) is 6.88. The summed E-state index contributed by atoms with van der Waals surface area (Å²) in [5, 5.41) is 3.21. The van der Waals surface area contributed by atoms with E-state index in [0.717, 1.165) is 36.1 Å². The number of fused-ring (bicyclic) bond motifs is 3. The number of aryl methyl sites for hydroxylation is 2. The van der Waals surface area contributed by atoms with Crippen LogP contribution in [0.15, 0.2) is 4.79 Å². The predicted octanol–water partition coefficient (Wildman–Crippen LogP) is 1.43. The molecule has 0 radical (unpaired) electrons. The zero-order valence-corrected chi connectivity index (χ0v) is 14.3. The molecule has 0 aromatic carbocycles. The molecule has 0 unspecified atom stereocenters. The van der Waals surface area contributed by atoms with E-state index in [1.165, 1.54) is 11.8 Å². The van der Waals surface area contributed by atoms with Gasteiger partial charge >= 0.3 is 5.97 Å². The molecule has 8 heteroatoms. The first-order chi connectivity index (χ1) is 11.5. The van der Waals surface area contributed by atoms with Gasteiger partial charge in [-0.2, -0.15) is 0 Å². The van der Waals surface area contributed by atoms with Crippen LogP contribution in [0, 0.1) is 0 Å². The van der Waals surface area contributed by atoms with Crippen LogP contribution in [0.4, 0.5) is 0 Å². The highest BCUT2D eigenvalue weighted by Gasteiger charge is 2.20. The molecule has 2 N–H and O–H groups in total. The van der Waals surface area contributed by atoms with E-state index >= 15 is 0 Å². The van der Waals surface area contributed by atoms with Crippen LogP contribution in [0.3, 0.4) is 0 Å². The van der Waals surface area contributed by atoms with Crippen LogP contribution in [-0.4, -0.2) is 28.4 Å². The average molecular weight is 349 g/mol. The van der Waals surface area contributed by atoms with Gasteiger partial charge in [-0.15, -0.1) is 11.3 Å². The third-order valence-electron chi connectivity index (χ3n) is 3.95. The Hall–Kier alpha value is -2.22. The molecule has 1 amide bonds. The van der Waals surface area contributed by atoms with Gasteiger partial charge in [-0.05, 0) is 31.2 Å². The van der Waals surface area contributed by atoms with Crippen molar-refractivity contribution >= 4 is 33.4 Å². The lowest BCUT2D eigenvalue weighted by atomic mass is 9.97. The van der Waals surface area contributed by atoms with E-state index in [0.29, 0.717) is 11.2 Å². The van der Waals surface area contributed by atoms with Gasteiger partial charge in [0.25, 0.3) is 5.56 Å². The van der Waals surface area contributed by atoms with E-state index in [2.05, 4.69) is 15.3 Å². The van der Waals surface area contributed by atoms with E-state index in [1.807, 2.05) is 0 Å². The second kappa shape index (κ2) is 7.12. The number of thiophene rings is 1. The van der Waals surface area contributed by atoms with Crippen molar-refractivity contribution < 1.29 is 14.3 Å². The molecule has 24 heavy (non-hydrogen) atoms. The minimum atomic E-state index is -0.447. The molecule has 0 saturated heterocycles. The summed E-state index contributed by atoms with van der Waals surface area (Å²) < 4.78 is 5.10. The van der Waals surface area contributed by atoms with Crippen molar-refractivity contribution in [2.75, 3.05) is 6.54 Å². The fourth-order valence-electron chi connectivity index (χ4n) is 2.84. The van der Waals surface area contributed by atoms with E-state index in [9.17, 15) is 14.4 Å². The molecule has 1 aliphatic carbocycles. The molecule has 0 saturated carbocycles. The molecule has 0 bridgehead atoms. The normalized spacial score (nSPS) is 13.5. The maximum Gasteiger partial charge on any atom is 0.308 e. The molecular formula is C16H19N3O4S. The fraction of sp³-hybridized carbons (Fsp3) is 0.500. The number of carbonyl (C=O) groups excluding carboxylic acids is 2. The summed E-state index contributed by atoms with van der Waals surface area (Å²) in [6.45, 7) is 1.54. The molecule has 3 rings (SSSR count). The number of amides is 1. The van der Waals surface area contributed by atoms with E-state index in [4.69, 9.17) is 4.74 Å². The van der Waals surface area contributed by atoms with Gasteiger partial charge in [0.05, 0.1) is 11.8 Å². The highest BCUT2D eigenvalue weighted by atomic mass is 32.1. The Morgan fingerprint density at radius 2 is 2.12 bits per heavy atom. The monoisotopic (exact) mass is 349 g/mol. The van der Waals surface area contributed by atoms with Crippen LogP contribution in [-0.2, 0) is 33.8 Å². The molecule has 2 heterocycles. The van der Waals surface area contributed by atoms with Gasteiger partial charge in [-0.1, -0.05) is 0 Å². The van der Waals surface area contributed by atoms with E-state index in [1.54, 1.807) is 11.3 Å². The van der Waals surface area contributed by atoms with Crippen molar-refractivity contribution in [3.8, 4) is 0 Å². The molecular weight excluding hydrogens is 330 g/mol. The number of hydrogen-bond donors (Lipinski definition) is 2. The van der Waals surface area contributed by atoms with Gasteiger partial charge in [0, 0.05) is 18.3 Å². The quantitative estimate of drug-likeness (QED) is 0.795. The lowest BCUT2D eigenvalue weighted by molar-refractivity contribution is -0.145. The number of carbonyl (C=O) groups is 2. The molecule has 0 spiro atoms. The molecule has 1 aliphatic rings. The third kappa shape index (κ3) is 3.64. The lowest BCUT2D eigenvalue weighted by Crippen LogP contribution is -2.24. The summed E-state index contributed by atoms with van der Waals surface area (Å²) >= 11 is 1.56. The maximum absolute atomic E-state index is 12.3. The van der Waals surface area contributed by atoms with Crippen LogP contribution < -0.4 is 10.9 Å². The van der Waals surface area contributed by atoms with Gasteiger partial charge < -0.3 is 15.0 Å². The summed E-state index contributed by atoms with van der Waals surface area (Å²) in [6, 6.07) is 0. The average Bonchev–Trinajstić information content (AvgIpc) is 2.91. The number of hydrogen-bond acceptors (Lipinski definition) is 6. The molecule has 0 atom stereocenters. The lowest BCUT2D eigenvalue weighted by Gasteiger charge is -2.09. The Morgan fingerprint density at radius 1 is 1.33 bits per heavy atom. The Bertz CT molecular complexity index is 840. The molecule has 0 aliphatic heterocycles. The van der Waals surface area contributed by atoms with Crippen LogP contribution in [0.2, 0.25) is 0 Å². The number of esters is 1. The fourth-order valence-corrected chi connectivity index (χ4v) is 4.12. The van der Waals surface area contributed by atoms with Crippen LogP contribution in [0.25, 0.3) is 10.2 Å². The Morgan fingerprint density at radius 3 is 2.92 bits per heavy atom. The van der Waals surface area contributed by atoms with Crippen molar-refractivity contribution in [2.45, 2.75) is 45.6 Å². The largest absolute Gasteiger partial charge is 0.457 e. The standard InChI is InChI=1S/C16H19N3O4S/c1-9(20)17-7-6-13(21)23-8-12-18-15(22)14-10-4-2-3-5-11(10)24-16(14)19-12/h2-8H2,1H3,(H,17,20)(H,18,19,22). The van der Waals surface area contributed by atoms with Gasteiger partial charge in [0.2, 0.25) is 5.91 Å². The number of nitrogens with zero attached hydrogens (tertiary/aromatic N) is 1. The smallest absolute Gasteiger partial charge is 0.308 e.